The van der Waals surface area contributed by atoms with Gasteiger partial charge in [0, 0.05) is 29.2 Å². The summed E-state index contributed by atoms with van der Waals surface area (Å²) in [5.74, 6) is 1.20. The number of anilines is 1. The quantitative estimate of drug-likeness (QED) is 0.207. The lowest BCUT2D eigenvalue weighted by molar-refractivity contribution is 0.0954. The number of sulfonamides is 1. The van der Waals surface area contributed by atoms with Gasteiger partial charge in [-0.2, -0.15) is 0 Å². The normalized spacial score (nSPS) is 12.8. The molecule has 3 N–H and O–H groups in total. The number of benzene rings is 4. The van der Waals surface area contributed by atoms with E-state index >= 15 is 0 Å². The van der Waals surface area contributed by atoms with Crippen LogP contribution in [0.1, 0.15) is 21.5 Å². The van der Waals surface area contributed by atoms with Crippen LogP contribution in [-0.2, 0) is 16.4 Å². The molecular formula is C30H26Cl2N4O4S. The highest BCUT2D eigenvalue weighted by atomic mass is 35.5. The number of hydrogen-bond acceptors (Lipinski definition) is 6. The van der Waals surface area contributed by atoms with Crippen molar-refractivity contribution in [1.82, 2.24) is 10.6 Å². The van der Waals surface area contributed by atoms with Crippen LogP contribution in [0.15, 0.2) is 101 Å². The van der Waals surface area contributed by atoms with E-state index < -0.39 is 10.0 Å². The molecule has 41 heavy (non-hydrogen) atoms. The predicted octanol–water partition coefficient (Wildman–Crippen LogP) is 5.91. The molecule has 4 aromatic carbocycles. The average Bonchev–Trinajstić information content (AvgIpc) is 3.51. The van der Waals surface area contributed by atoms with Crippen LogP contribution < -0.4 is 20.1 Å². The lowest BCUT2D eigenvalue weighted by Crippen LogP contribution is -2.25. The summed E-state index contributed by atoms with van der Waals surface area (Å²) in [4.78, 5) is 17.1. The lowest BCUT2D eigenvalue weighted by Gasteiger charge is -2.14. The Morgan fingerprint density at radius 3 is 2.39 bits per heavy atom. The van der Waals surface area contributed by atoms with Gasteiger partial charge < -0.3 is 15.4 Å². The summed E-state index contributed by atoms with van der Waals surface area (Å²) < 4.78 is 34.6. The first-order chi connectivity index (χ1) is 19.8. The van der Waals surface area contributed by atoms with E-state index in [1.807, 2.05) is 24.3 Å². The smallest absolute Gasteiger partial charge is 0.262 e. The third-order valence-electron chi connectivity index (χ3n) is 6.27. The van der Waals surface area contributed by atoms with Gasteiger partial charge in [0.2, 0.25) is 0 Å². The molecule has 0 saturated heterocycles. The van der Waals surface area contributed by atoms with E-state index in [0.29, 0.717) is 29.3 Å². The first kappa shape index (κ1) is 28.5. The zero-order chi connectivity index (χ0) is 28.8. The van der Waals surface area contributed by atoms with Crippen LogP contribution in [0.3, 0.4) is 0 Å². The second-order valence-electron chi connectivity index (χ2n) is 9.16. The Balaban J connectivity index is 1.18. The van der Waals surface area contributed by atoms with Gasteiger partial charge in [-0.25, -0.2) is 8.42 Å². The van der Waals surface area contributed by atoms with Crippen LogP contribution in [0.4, 0.5) is 5.69 Å². The van der Waals surface area contributed by atoms with Gasteiger partial charge in [0.05, 0.1) is 22.2 Å². The van der Waals surface area contributed by atoms with E-state index in [-0.39, 0.29) is 27.3 Å². The number of amides is 1. The molecule has 0 radical (unpaired) electrons. The molecule has 0 atom stereocenters. The minimum absolute atomic E-state index is 0.00479. The van der Waals surface area contributed by atoms with Crippen LogP contribution in [-0.4, -0.2) is 39.8 Å². The highest BCUT2D eigenvalue weighted by Gasteiger charge is 2.18. The molecule has 210 valence electrons. The highest BCUT2D eigenvalue weighted by Crippen LogP contribution is 2.35. The second kappa shape index (κ2) is 12.6. The van der Waals surface area contributed by atoms with Crippen molar-refractivity contribution in [3.8, 4) is 11.5 Å². The fourth-order valence-corrected chi connectivity index (χ4v) is 5.67. The molecule has 0 bridgehead atoms. The van der Waals surface area contributed by atoms with Crippen LogP contribution in [0.25, 0.3) is 0 Å². The number of halogens is 2. The van der Waals surface area contributed by atoms with Gasteiger partial charge in [-0.3, -0.25) is 14.5 Å². The van der Waals surface area contributed by atoms with Crippen molar-refractivity contribution in [2.45, 2.75) is 11.3 Å². The summed E-state index contributed by atoms with van der Waals surface area (Å²) in [6, 6.07) is 25.1. The minimum Gasteiger partial charge on any atom is -0.454 e. The molecular weight excluding hydrogens is 583 g/mol. The van der Waals surface area contributed by atoms with E-state index in [1.165, 1.54) is 30.3 Å². The maximum absolute atomic E-state index is 13.1. The molecule has 0 saturated carbocycles. The van der Waals surface area contributed by atoms with Crippen molar-refractivity contribution in [3.05, 3.63) is 118 Å². The monoisotopic (exact) mass is 608 g/mol. The number of hydrogen-bond donors (Lipinski definition) is 3. The molecule has 1 heterocycles. The van der Waals surface area contributed by atoms with Crippen molar-refractivity contribution in [3.63, 3.8) is 0 Å². The summed E-state index contributed by atoms with van der Waals surface area (Å²) >= 11 is 12.2. The number of aliphatic imine (C=N–C) groups is 1. The van der Waals surface area contributed by atoms with Gasteiger partial charge in [-0.15, -0.1) is 0 Å². The Labute approximate surface area is 248 Å². The summed E-state index contributed by atoms with van der Waals surface area (Å²) in [7, 11) is -3.98. The number of carbonyl (C=O) groups excluding carboxylic acids is 1. The van der Waals surface area contributed by atoms with Gasteiger partial charge >= 0.3 is 0 Å². The third kappa shape index (κ3) is 7.18. The van der Waals surface area contributed by atoms with Gasteiger partial charge in [0.1, 0.15) is 11.6 Å². The number of carbonyl (C=O) groups is 1. The van der Waals surface area contributed by atoms with Gasteiger partial charge in [-0.05, 0) is 66.6 Å². The molecule has 0 unspecified atom stereocenters. The molecule has 5 rings (SSSR count). The Morgan fingerprint density at radius 1 is 0.927 bits per heavy atom. The first-order valence-corrected chi connectivity index (χ1v) is 15.0. The molecule has 0 spiro atoms. The summed E-state index contributed by atoms with van der Waals surface area (Å²) in [5.41, 5.74) is 2.70. The number of nitrogens with zero attached hydrogens (tertiary/aromatic N) is 1. The van der Waals surface area contributed by atoms with Crippen molar-refractivity contribution >= 4 is 50.7 Å². The molecule has 0 fully saturated rings. The van der Waals surface area contributed by atoms with Crippen molar-refractivity contribution in [2.24, 2.45) is 4.99 Å². The van der Waals surface area contributed by atoms with Crippen molar-refractivity contribution in [2.75, 3.05) is 24.4 Å². The summed E-state index contributed by atoms with van der Waals surface area (Å²) in [5, 5.41) is 6.86. The minimum atomic E-state index is -3.98. The van der Waals surface area contributed by atoms with Crippen molar-refractivity contribution < 1.29 is 17.9 Å². The lowest BCUT2D eigenvalue weighted by atomic mass is 10.1. The van der Waals surface area contributed by atoms with Crippen LogP contribution in [0.2, 0.25) is 10.0 Å². The number of rotatable bonds is 10. The van der Waals surface area contributed by atoms with E-state index in [2.05, 4.69) is 20.3 Å². The number of ether oxygens (including phenoxy) is 1. The molecule has 0 aliphatic carbocycles. The average molecular weight is 610 g/mol. The number of amidine groups is 1. The zero-order valence-electron chi connectivity index (χ0n) is 21.7. The maximum Gasteiger partial charge on any atom is 0.262 e. The zero-order valence-corrected chi connectivity index (χ0v) is 24.1. The molecule has 1 aliphatic rings. The fraction of sp³-hybridized carbons (Fsp3) is 0.133. The topological polar surface area (TPSA) is 109 Å². The Morgan fingerprint density at radius 2 is 1.68 bits per heavy atom. The number of nitrogens with one attached hydrogen (secondary N) is 3. The van der Waals surface area contributed by atoms with Crippen LogP contribution >= 0.6 is 23.2 Å². The van der Waals surface area contributed by atoms with Gasteiger partial charge in [0.25, 0.3) is 15.9 Å². The van der Waals surface area contributed by atoms with E-state index in [0.717, 1.165) is 30.1 Å². The van der Waals surface area contributed by atoms with E-state index in [9.17, 15) is 13.2 Å². The standard InChI is InChI=1S/C30H26Cl2N4O4S/c31-23-11-14-27(25(32)19-23)40-28-4-2-1-3-26(28)36-41(38,39)24-12-9-22(10-13-24)30(37)35-16-15-20-5-7-21(8-6-20)29-33-17-18-34-29/h1-14,19,36H,15-18H2,(H,33,34)(H,35,37). The SMILES string of the molecule is O=C(NCCc1ccc(C2=NCCN2)cc1)c1ccc(S(=O)(=O)Nc2ccccc2Oc2ccc(Cl)cc2Cl)cc1. The van der Waals surface area contributed by atoms with Gasteiger partial charge in [-0.1, -0.05) is 59.6 Å². The molecule has 4 aromatic rings. The fourth-order valence-electron chi connectivity index (χ4n) is 4.15. The highest BCUT2D eigenvalue weighted by molar-refractivity contribution is 7.92. The van der Waals surface area contributed by atoms with Crippen LogP contribution in [0.5, 0.6) is 11.5 Å². The van der Waals surface area contributed by atoms with Gasteiger partial charge in [0.15, 0.2) is 5.75 Å². The first-order valence-electron chi connectivity index (χ1n) is 12.8. The van der Waals surface area contributed by atoms with Crippen LogP contribution in [0, 0.1) is 0 Å². The molecule has 0 aromatic heterocycles. The summed E-state index contributed by atoms with van der Waals surface area (Å²) in [6.45, 7) is 2.08. The van der Waals surface area contributed by atoms with E-state index in [1.54, 1.807) is 36.4 Å². The molecule has 8 nitrogen and oxygen atoms in total. The molecule has 1 aliphatic heterocycles. The van der Waals surface area contributed by atoms with E-state index in [4.69, 9.17) is 27.9 Å². The third-order valence-corrected chi connectivity index (χ3v) is 8.18. The predicted molar refractivity (Wildman–Crippen MR) is 162 cm³/mol. The largest absolute Gasteiger partial charge is 0.454 e. The number of para-hydroxylation sites is 2. The maximum atomic E-state index is 13.1. The second-order valence-corrected chi connectivity index (χ2v) is 11.7. The van der Waals surface area contributed by atoms with Crippen molar-refractivity contribution in [1.29, 1.82) is 0 Å². The Bertz CT molecular complexity index is 1690. The Hall–Kier alpha value is -4.05. The Kier molecular flexibility index (Phi) is 8.78. The summed E-state index contributed by atoms with van der Waals surface area (Å²) in [6.07, 6.45) is 0.658. The molecule has 11 heteroatoms. The molecule has 1 amide bonds.